The van der Waals surface area contributed by atoms with Crippen LogP contribution in [0, 0.1) is 11.8 Å². The highest BCUT2D eigenvalue weighted by Gasteiger charge is 2.10. The molecule has 2 amide bonds. The van der Waals surface area contributed by atoms with E-state index in [1.807, 2.05) is 6.92 Å². The summed E-state index contributed by atoms with van der Waals surface area (Å²) in [5.74, 6) is 0.774. The van der Waals surface area contributed by atoms with Gasteiger partial charge in [-0.25, -0.2) is 4.79 Å². The van der Waals surface area contributed by atoms with Crippen molar-refractivity contribution in [2.75, 3.05) is 18.5 Å². The number of carbonyl (C=O) groups is 1. The van der Waals surface area contributed by atoms with Gasteiger partial charge < -0.3 is 10.4 Å². The number of carbonyl (C=O) groups excluding carboxylic acids is 1. The summed E-state index contributed by atoms with van der Waals surface area (Å²) in [7, 11) is 0. The molecule has 0 spiro atoms. The number of hydrogen-bond donors (Lipinski definition) is 3. The first-order valence-corrected chi connectivity index (χ1v) is 7.31. The third-order valence-electron chi connectivity index (χ3n) is 2.50. The molecule has 1 aromatic rings. The number of anilines is 1. The van der Waals surface area contributed by atoms with Crippen LogP contribution in [0.2, 0.25) is 0 Å². The number of nitrogens with one attached hydrogen (secondary N) is 2. The van der Waals surface area contributed by atoms with Crippen molar-refractivity contribution in [3.8, 4) is 0 Å². The minimum atomic E-state index is -0.281. The summed E-state index contributed by atoms with van der Waals surface area (Å²) in [6.07, 6.45) is 1.55. The van der Waals surface area contributed by atoms with Gasteiger partial charge in [0.15, 0.2) is 0 Å². The highest BCUT2D eigenvalue weighted by Crippen LogP contribution is 2.17. The monoisotopic (exact) mass is 286 g/mol. The van der Waals surface area contributed by atoms with Crippen LogP contribution in [0.5, 0.6) is 0 Å². The molecule has 0 bridgehead atoms. The van der Waals surface area contributed by atoms with Gasteiger partial charge in [0.1, 0.15) is 5.01 Å². The zero-order valence-electron chi connectivity index (χ0n) is 11.6. The Bertz CT molecular complexity index is 395. The fourth-order valence-corrected chi connectivity index (χ4v) is 2.41. The Kier molecular flexibility index (Phi) is 6.72. The summed E-state index contributed by atoms with van der Waals surface area (Å²) >= 11 is 1.40. The van der Waals surface area contributed by atoms with Gasteiger partial charge in [-0.3, -0.25) is 5.32 Å². The first kappa shape index (κ1) is 15.8. The lowest BCUT2D eigenvalue weighted by atomic mass is 10.1. The Morgan fingerprint density at radius 2 is 2.11 bits per heavy atom. The highest BCUT2D eigenvalue weighted by molar-refractivity contribution is 7.15. The number of nitrogens with zero attached hydrogens (tertiary/aromatic N) is 2. The van der Waals surface area contributed by atoms with Crippen molar-refractivity contribution in [2.24, 2.45) is 11.8 Å². The molecule has 7 heteroatoms. The lowest BCUT2D eigenvalue weighted by molar-refractivity contribution is 0.243. The molecule has 0 fully saturated rings. The Labute approximate surface area is 117 Å². The molecule has 0 saturated heterocycles. The number of amides is 2. The molecule has 19 heavy (non-hydrogen) atoms. The van der Waals surface area contributed by atoms with E-state index in [-0.39, 0.29) is 18.6 Å². The molecular weight excluding hydrogens is 264 g/mol. The number of rotatable bonds is 7. The van der Waals surface area contributed by atoms with E-state index in [1.54, 1.807) is 0 Å². The van der Waals surface area contributed by atoms with Gasteiger partial charge in [0.2, 0.25) is 5.13 Å². The summed E-state index contributed by atoms with van der Waals surface area (Å²) in [4.78, 5) is 11.6. The Hall–Kier alpha value is -1.21. The van der Waals surface area contributed by atoms with Crippen molar-refractivity contribution in [3.05, 3.63) is 5.01 Å². The smallest absolute Gasteiger partial charge is 0.321 e. The SMILES string of the molecule is CC(C)Cc1nnc(NC(=O)NCC(C)CCO)s1. The van der Waals surface area contributed by atoms with Gasteiger partial charge in [-0.05, 0) is 18.3 Å². The normalized spacial score (nSPS) is 12.5. The predicted molar refractivity (Wildman–Crippen MR) is 76.3 cm³/mol. The number of aliphatic hydroxyl groups excluding tert-OH is 1. The fraction of sp³-hybridized carbons (Fsp3) is 0.750. The van der Waals surface area contributed by atoms with Gasteiger partial charge in [0, 0.05) is 19.6 Å². The average Bonchev–Trinajstić information content (AvgIpc) is 2.73. The van der Waals surface area contributed by atoms with Crippen LogP contribution in [0.25, 0.3) is 0 Å². The van der Waals surface area contributed by atoms with Crippen molar-refractivity contribution in [2.45, 2.75) is 33.6 Å². The topological polar surface area (TPSA) is 87.1 Å². The minimum absolute atomic E-state index is 0.138. The lowest BCUT2D eigenvalue weighted by Crippen LogP contribution is -2.32. The maximum Gasteiger partial charge on any atom is 0.321 e. The first-order chi connectivity index (χ1) is 9.01. The third-order valence-corrected chi connectivity index (χ3v) is 3.36. The molecule has 0 aromatic carbocycles. The maximum atomic E-state index is 11.6. The molecular formula is C12H22N4O2S. The fourth-order valence-electron chi connectivity index (χ4n) is 1.47. The van der Waals surface area contributed by atoms with Crippen LogP contribution in [0.15, 0.2) is 0 Å². The summed E-state index contributed by atoms with van der Waals surface area (Å²) in [5.41, 5.74) is 0. The highest BCUT2D eigenvalue weighted by atomic mass is 32.1. The van der Waals surface area contributed by atoms with Crippen LogP contribution in [0.3, 0.4) is 0 Å². The maximum absolute atomic E-state index is 11.6. The van der Waals surface area contributed by atoms with Crippen LogP contribution < -0.4 is 10.6 Å². The Morgan fingerprint density at radius 3 is 2.74 bits per heavy atom. The van der Waals surface area contributed by atoms with E-state index >= 15 is 0 Å². The molecule has 0 aliphatic heterocycles. The van der Waals surface area contributed by atoms with Crippen molar-refractivity contribution in [1.82, 2.24) is 15.5 Å². The second-order valence-corrected chi connectivity index (χ2v) is 6.11. The largest absolute Gasteiger partial charge is 0.396 e. The van der Waals surface area contributed by atoms with Gasteiger partial charge in [-0.1, -0.05) is 32.1 Å². The average molecular weight is 286 g/mol. The first-order valence-electron chi connectivity index (χ1n) is 6.49. The second kappa shape index (κ2) is 8.06. The van der Waals surface area contributed by atoms with Crippen molar-refractivity contribution in [1.29, 1.82) is 0 Å². The van der Waals surface area contributed by atoms with Crippen LogP contribution >= 0.6 is 11.3 Å². The van der Waals surface area contributed by atoms with Gasteiger partial charge in [0.25, 0.3) is 0 Å². The van der Waals surface area contributed by atoms with Gasteiger partial charge >= 0.3 is 6.03 Å². The molecule has 0 aliphatic rings. The van der Waals surface area contributed by atoms with Crippen molar-refractivity contribution < 1.29 is 9.90 Å². The summed E-state index contributed by atoms with van der Waals surface area (Å²) in [5, 5.41) is 23.6. The molecule has 3 N–H and O–H groups in total. The van der Waals surface area contributed by atoms with E-state index in [2.05, 4.69) is 34.7 Å². The molecule has 108 valence electrons. The third kappa shape index (κ3) is 6.49. The molecule has 1 heterocycles. The molecule has 1 atom stereocenters. The number of aliphatic hydroxyl groups is 1. The van der Waals surface area contributed by atoms with Gasteiger partial charge in [-0.2, -0.15) is 0 Å². The van der Waals surface area contributed by atoms with Crippen LogP contribution in [0.4, 0.5) is 9.93 Å². The zero-order chi connectivity index (χ0) is 14.3. The number of urea groups is 1. The molecule has 6 nitrogen and oxygen atoms in total. The molecule has 1 aromatic heterocycles. The van der Waals surface area contributed by atoms with E-state index < -0.39 is 0 Å². The summed E-state index contributed by atoms with van der Waals surface area (Å²) < 4.78 is 0. The van der Waals surface area contributed by atoms with E-state index in [9.17, 15) is 4.79 Å². The van der Waals surface area contributed by atoms with Gasteiger partial charge in [-0.15, -0.1) is 10.2 Å². The van der Waals surface area contributed by atoms with E-state index in [0.29, 0.717) is 24.0 Å². The van der Waals surface area contributed by atoms with Crippen LogP contribution in [-0.2, 0) is 6.42 Å². The number of hydrogen-bond acceptors (Lipinski definition) is 5. The van der Waals surface area contributed by atoms with Crippen LogP contribution in [0.1, 0.15) is 32.2 Å². The minimum Gasteiger partial charge on any atom is -0.396 e. The Balaban J connectivity index is 2.33. The molecule has 0 aliphatic carbocycles. The molecule has 1 rings (SSSR count). The standard InChI is InChI=1S/C12H22N4O2S/c1-8(2)6-10-15-16-12(19-10)14-11(18)13-7-9(3)4-5-17/h8-9,17H,4-7H2,1-3H3,(H2,13,14,16,18). The predicted octanol–water partition coefficient (Wildman–Crippen LogP) is 1.88. The molecule has 0 radical (unpaired) electrons. The van der Waals surface area contributed by atoms with E-state index in [4.69, 9.17) is 5.11 Å². The van der Waals surface area contributed by atoms with Crippen LogP contribution in [-0.4, -0.2) is 34.5 Å². The summed E-state index contributed by atoms with van der Waals surface area (Å²) in [6, 6.07) is -0.281. The molecule has 0 saturated carbocycles. The Morgan fingerprint density at radius 1 is 1.37 bits per heavy atom. The van der Waals surface area contributed by atoms with E-state index in [0.717, 1.165) is 11.4 Å². The van der Waals surface area contributed by atoms with Gasteiger partial charge in [0.05, 0.1) is 0 Å². The van der Waals surface area contributed by atoms with E-state index in [1.165, 1.54) is 11.3 Å². The number of aromatic nitrogens is 2. The second-order valence-electron chi connectivity index (χ2n) is 5.05. The lowest BCUT2D eigenvalue weighted by Gasteiger charge is -2.10. The summed E-state index contributed by atoms with van der Waals surface area (Å²) in [6.45, 7) is 6.87. The molecule has 1 unspecified atom stereocenters. The quantitative estimate of drug-likeness (QED) is 0.714. The van der Waals surface area contributed by atoms with Crippen molar-refractivity contribution >= 4 is 22.5 Å². The van der Waals surface area contributed by atoms with Crippen molar-refractivity contribution in [3.63, 3.8) is 0 Å². The zero-order valence-corrected chi connectivity index (χ0v) is 12.5.